The van der Waals surface area contributed by atoms with Crippen molar-refractivity contribution in [2.24, 2.45) is 5.84 Å². The summed E-state index contributed by atoms with van der Waals surface area (Å²) in [5, 5.41) is 12.5. The molecule has 0 saturated carbocycles. The van der Waals surface area contributed by atoms with Crippen LogP contribution in [0.3, 0.4) is 0 Å². The Kier molecular flexibility index (Phi) is 2.01. The number of hydrogen-bond acceptors (Lipinski definition) is 3. The highest BCUT2D eigenvalue weighted by Gasteiger charge is 2.36. The van der Waals surface area contributed by atoms with E-state index in [0.717, 1.165) is 18.0 Å². The minimum atomic E-state index is -1.07. The highest BCUT2D eigenvalue weighted by Crippen LogP contribution is 2.19. The highest BCUT2D eigenvalue weighted by molar-refractivity contribution is 5.65. The molecule has 1 heterocycles. The van der Waals surface area contributed by atoms with Gasteiger partial charge >= 0.3 is 6.09 Å². The molecule has 1 amide bonds. The van der Waals surface area contributed by atoms with Crippen molar-refractivity contribution in [1.29, 1.82) is 0 Å². The second-order valence-corrected chi connectivity index (χ2v) is 3.08. The number of hydrogen-bond donors (Lipinski definition) is 3. The second kappa shape index (κ2) is 2.67. The maximum absolute atomic E-state index is 10.5. The quantitative estimate of drug-likeness (QED) is 0.276. The van der Waals surface area contributed by atoms with Crippen LogP contribution >= 0.6 is 0 Å². The first kappa shape index (κ1) is 8.29. The number of nitrogens with zero attached hydrogens (tertiary/aromatic N) is 1. The molecule has 1 fully saturated rings. The van der Waals surface area contributed by atoms with Crippen molar-refractivity contribution < 1.29 is 9.90 Å². The molecule has 0 aromatic carbocycles. The van der Waals surface area contributed by atoms with E-state index in [1.54, 1.807) is 0 Å². The van der Waals surface area contributed by atoms with E-state index in [-0.39, 0.29) is 0 Å². The first-order valence-corrected chi connectivity index (χ1v) is 3.55. The van der Waals surface area contributed by atoms with Crippen molar-refractivity contribution in [3.05, 3.63) is 0 Å². The lowest BCUT2D eigenvalue weighted by Crippen LogP contribution is -2.54. The standard InChI is InChI=1S/C6H13N3O2/c1-6(2-3-8-4-6)9(7)5(10)11/h8H,2-4,7H2,1H3,(H,10,11)/t6-/m0/s1. The average Bonchev–Trinajstić information content (AvgIpc) is 2.35. The van der Waals surface area contributed by atoms with Crippen LogP contribution in [0, 0.1) is 0 Å². The van der Waals surface area contributed by atoms with E-state index in [1.165, 1.54) is 0 Å². The lowest BCUT2D eigenvalue weighted by molar-refractivity contribution is 0.0928. The Morgan fingerprint density at radius 1 is 1.82 bits per heavy atom. The summed E-state index contributed by atoms with van der Waals surface area (Å²) in [5.41, 5.74) is -0.425. The molecular weight excluding hydrogens is 146 g/mol. The molecule has 0 aliphatic carbocycles. The summed E-state index contributed by atoms with van der Waals surface area (Å²) in [4.78, 5) is 10.5. The van der Waals surface area contributed by atoms with Gasteiger partial charge in [0.1, 0.15) is 0 Å². The first-order valence-electron chi connectivity index (χ1n) is 3.55. The molecule has 4 N–H and O–H groups in total. The summed E-state index contributed by atoms with van der Waals surface area (Å²) in [7, 11) is 0. The summed E-state index contributed by atoms with van der Waals surface area (Å²) in [5.74, 6) is 5.35. The zero-order valence-electron chi connectivity index (χ0n) is 6.50. The summed E-state index contributed by atoms with van der Waals surface area (Å²) in [6, 6.07) is 0. The largest absolute Gasteiger partial charge is 0.464 e. The highest BCUT2D eigenvalue weighted by atomic mass is 16.4. The molecule has 1 aliphatic rings. The number of nitrogens with two attached hydrogens (primary N) is 1. The normalized spacial score (nSPS) is 30.4. The summed E-state index contributed by atoms with van der Waals surface area (Å²) in [6.07, 6.45) is -0.299. The minimum Gasteiger partial charge on any atom is -0.464 e. The predicted molar refractivity (Wildman–Crippen MR) is 39.9 cm³/mol. The number of carboxylic acid groups (broad SMARTS) is 1. The molecular formula is C6H13N3O2. The van der Waals surface area contributed by atoms with Crippen molar-refractivity contribution >= 4 is 6.09 Å². The van der Waals surface area contributed by atoms with Crippen LogP contribution in [0.15, 0.2) is 0 Å². The fraction of sp³-hybridized carbons (Fsp3) is 0.833. The van der Waals surface area contributed by atoms with E-state index in [2.05, 4.69) is 5.32 Å². The molecule has 0 bridgehead atoms. The van der Waals surface area contributed by atoms with Crippen LogP contribution in [-0.2, 0) is 0 Å². The summed E-state index contributed by atoms with van der Waals surface area (Å²) < 4.78 is 0. The van der Waals surface area contributed by atoms with Gasteiger partial charge in [0.05, 0.1) is 5.54 Å². The molecule has 0 aromatic heterocycles. The monoisotopic (exact) mass is 159 g/mol. The van der Waals surface area contributed by atoms with Crippen molar-refractivity contribution in [3.63, 3.8) is 0 Å². The topological polar surface area (TPSA) is 78.6 Å². The SMILES string of the molecule is C[C@]1(N(N)C(=O)O)CCNC1. The van der Waals surface area contributed by atoms with Crippen LogP contribution in [0.4, 0.5) is 4.79 Å². The Labute approximate surface area is 65.1 Å². The minimum absolute atomic E-state index is 0.425. The number of amides is 1. The molecule has 0 unspecified atom stereocenters. The van der Waals surface area contributed by atoms with Gasteiger partial charge in [0.2, 0.25) is 0 Å². The van der Waals surface area contributed by atoms with Gasteiger partial charge in [-0.05, 0) is 19.9 Å². The number of hydrazine groups is 1. The molecule has 1 saturated heterocycles. The molecule has 1 rings (SSSR count). The van der Waals surface area contributed by atoms with Gasteiger partial charge in [-0.2, -0.15) is 0 Å². The first-order chi connectivity index (χ1) is 5.06. The molecule has 0 radical (unpaired) electrons. The molecule has 5 nitrogen and oxygen atoms in total. The zero-order valence-corrected chi connectivity index (χ0v) is 6.50. The summed E-state index contributed by atoms with van der Waals surface area (Å²) in [6.45, 7) is 3.30. The van der Waals surface area contributed by atoms with E-state index in [0.29, 0.717) is 6.54 Å². The average molecular weight is 159 g/mol. The van der Waals surface area contributed by atoms with Gasteiger partial charge in [0.25, 0.3) is 0 Å². The van der Waals surface area contributed by atoms with Gasteiger partial charge in [-0.15, -0.1) is 0 Å². The Bertz CT molecular complexity index is 165. The van der Waals surface area contributed by atoms with E-state index in [9.17, 15) is 4.79 Å². The number of rotatable bonds is 1. The molecule has 0 spiro atoms. The fourth-order valence-electron chi connectivity index (χ4n) is 1.24. The van der Waals surface area contributed by atoms with Crippen LogP contribution in [-0.4, -0.2) is 34.8 Å². The van der Waals surface area contributed by atoms with Crippen LogP contribution < -0.4 is 11.2 Å². The van der Waals surface area contributed by atoms with Crippen molar-refractivity contribution in [2.75, 3.05) is 13.1 Å². The van der Waals surface area contributed by atoms with Crippen LogP contribution in [0.2, 0.25) is 0 Å². The van der Waals surface area contributed by atoms with E-state index >= 15 is 0 Å². The van der Waals surface area contributed by atoms with Crippen LogP contribution in [0.25, 0.3) is 0 Å². The third-order valence-corrected chi connectivity index (χ3v) is 2.13. The van der Waals surface area contributed by atoms with Gasteiger partial charge < -0.3 is 10.4 Å². The van der Waals surface area contributed by atoms with Gasteiger partial charge in [-0.3, -0.25) is 0 Å². The molecule has 64 valence electrons. The van der Waals surface area contributed by atoms with Gasteiger partial charge in [-0.1, -0.05) is 0 Å². The third-order valence-electron chi connectivity index (χ3n) is 2.13. The summed E-state index contributed by atoms with van der Waals surface area (Å²) >= 11 is 0. The van der Waals surface area contributed by atoms with Crippen molar-refractivity contribution in [2.45, 2.75) is 18.9 Å². The van der Waals surface area contributed by atoms with E-state index in [4.69, 9.17) is 10.9 Å². The Morgan fingerprint density at radius 3 is 2.82 bits per heavy atom. The number of nitrogens with one attached hydrogen (secondary N) is 1. The maximum Gasteiger partial charge on any atom is 0.422 e. The third kappa shape index (κ3) is 1.44. The Hall–Kier alpha value is -0.810. The van der Waals surface area contributed by atoms with Crippen molar-refractivity contribution in [3.8, 4) is 0 Å². The fourth-order valence-corrected chi connectivity index (χ4v) is 1.24. The zero-order chi connectivity index (χ0) is 8.48. The van der Waals surface area contributed by atoms with Crippen molar-refractivity contribution in [1.82, 2.24) is 10.3 Å². The second-order valence-electron chi connectivity index (χ2n) is 3.08. The van der Waals surface area contributed by atoms with Crippen LogP contribution in [0.5, 0.6) is 0 Å². The lowest BCUT2D eigenvalue weighted by atomic mass is 10.0. The van der Waals surface area contributed by atoms with Gasteiger partial charge in [0.15, 0.2) is 0 Å². The Morgan fingerprint density at radius 2 is 2.45 bits per heavy atom. The van der Waals surface area contributed by atoms with E-state index < -0.39 is 11.6 Å². The smallest absolute Gasteiger partial charge is 0.422 e. The van der Waals surface area contributed by atoms with Crippen LogP contribution in [0.1, 0.15) is 13.3 Å². The lowest BCUT2D eigenvalue weighted by Gasteiger charge is -2.31. The van der Waals surface area contributed by atoms with E-state index in [1.807, 2.05) is 6.92 Å². The number of carbonyl (C=O) groups is 1. The molecule has 1 atom stereocenters. The molecule has 11 heavy (non-hydrogen) atoms. The predicted octanol–water partition coefficient (Wildman–Crippen LogP) is -0.408. The van der Waals surface area contributed by atoms with Gasteiger partial charge in [0, 0.05) is 6.54 Å². The molecule has 0 aromatic rings. The molecule has 1 aliphatic heterocycles. The maximum atomic E-state index is 10.5. The molecule has 5 heteroatoms. The Balaban J connectivity index is 2.63. The van der Waals surface area contributed by atoms with Gasteiger partial charge in [-0.25, -0.2) is 15.6 Å².